The van der Waals surface area contributed by atoms with Crippen LogP contribution in [0, 0.1) is 0 Å². The van der Waals surface area contributed by atoms with E-state index < -0.39 is 21.9 Å². The van der Waals surface area contributed by atoms with Crippen molar-refractivity contribution in [2.45, 2.75) is 51.0 Å². The fraction of sp³-hybridized carbons (Fsp3) is 0.400. The van der Waals surface area contributed by atoms with Crippen LogP contribution in [0.1, 0.15) is 49.9 Å². The lowest BCUT2D eigenvalue weighted by Gasteiger charge is -2.22. The largest absolute Gasteiger partial charge is 0.468 e. The molecule has 0 radical (unpaired) electrons. The quantitative estimate of drug-likeness (QED) is 0.291. The molecule has 8 nitrogen and oxygen atoms in total. The van der Waals surface area contributed by atoms with Gasteiger partial charge in [-0.3, -0.25) is 9.59 Å². The summed E-state index contributed by atoms with van der Waals surface area (Å²) in [6.45, 7) is 4.90. The Balaban J connectivity index is 1.93. The molecule has 0 aliphatic carbocycles. The van der Waals surface area contributed by atoms with Crippen molar-refractivity contribution >= 4 is 59.4 Å². The molecule has 3 rings (SSSR count). The number of halogens is 1. The van der Waals surface area contributed by atoms with E-state index in [-0.39, 0.29) is 17.0 Å². The Labute approximate surface area is 223 Å². The highest BCUT2D eigenvalue weighted by Crippen LogP contribution is 2.23. The second-order valence-electron chi connectivity index (χ2n) is 8.21. The zero-order valence-electron chi connectivity index (χ0n) is 20.6. The summed E-state index contributed by atoms with van der Waals surface area (Å²) >= 11 is 4.71. The fourth-order valence-electron chi connectivity index (χ4n) is 3.57. The van der Waals surface area contributed by atoms with Crippen LogP contribution in [-0.2, 0) is 26.1 Å². The van der Waals surface area contributed by atoms with Crippen LogP contribution in [0.2, 0.25) is 0 Å². The molecule has 0 unspecified atom stereocenters. The third kappa shape index (κ3) is 6.70. The Bertz CT molecular complexity index is 1390. The predicted molar refractivity (Wildman–Crippen MR) is 144 cm³/mol. The maximum absolute atomic E-state index is 13.2. The molecule has 194 valence electrons. The van der Waals surface area contributed by atoms with E-state index in [1.165, 1.54) is 47.0 Å². The monoisotopic (exact) mass is 595 g/mol. The van der Waals surface area contributed by atoms with Crippen LogP contribution in [-0.4, -0.2) is 49.4 Å². The van der Waals surface area contributed by atoms with Crippen molar-refractivity contribution in [2.75, 3.05) is 20.2 Å². The topological polar surface area (TPSA) is 98.0 Å². The molecule has 36 heavy (non-hydrogen) atoms. The van der Waals surface area contributed by atoms with Crippen molar-refractivity contribution in [2.24, 2.45) is 4.99 Å². The van der Waals surface area contributed by atoms with Gasteiger partial charge in [-0.1, -0.05) is 54.0 Å². The van der Waals surface area contributed by atoms with Crippen molar-refractivity contribution in [1.29, 1.82) is 0 Å². The van der Waals surface area contributed by atoms with E-state index in [0.717, 1.165) is 40.4 Å². The summed E-state index contributed by atoms with van der Waals surface area (Å²) in [5, 5.41) is 0. The highest BCUT2D eigenvalue weighted by Gasteiger charge is 2.24. The van der Waals surface area contributed by atoms with Crippen molar-refractivity contribution in [1.82, 2.24) is 8.87 Å². The number of amides is 1. The Morgan fingerprint density at radius 1 is 1.06 bits per heavy atom. The number of ether oxygens (including phenoxy) is 1. The lowest BCUT2D eigenvalue weighted by atomic mass is 10.2. The Morgan fingerprint density at radius 3 is 2.28 bits per heavy atom. The van der Waals surface area contributed by atoms with Gasteiger partial charge in [-0.15, -0.1) is 0 Å². The summed E-state index contributed by atoms with van der Waals surface area (Å²) in [7, 11) is -2.36. The number of hydrogen-bond acceptors (Lipinski definition) is 6. The van der Waals surface area contributed by atoms with Gasteiger partial charge in [-0.05, 0) is 55.3 Å². The molecule has 0 fully saturated rings. The zero-order chi connectivity index (χ0) is 26.3. The van der Waals surface area contributed by atoms with Crippen LogP contribution in [0.4, 0.5) is 0 Å². The van der Waals surface area contributed by atoms with Crippen LogP contribution in [0.25, 0.3) is 10.2 Å². The summed E-state index contributed by atoms with van der Waals surface area (Å²) in [5.41, 5.74) is 1.01. The van der Waals surface area contributed by atoms with Gasteiger partial charge in [-0.25, -0.2) is 8.42 Å². The molecule has 0 bridgehead atoms. The molecule has 0 aliphatic rings. The van der Waals surface area contributed by atoms with Gasteiger partial charge < -0.3 is 9.30 Å². The van der Waals surface area contributed by atoms with Crippen LogP contribution in [0.15, 0.2) is 56.8 Å². The molecule has 0 atom stereocenters. The van der Waals surface area contributed by atoms with Gasteiger partial charge in [0.05, 0.1) is 22.2 Å². The number of nitrogens with zero attached hydrogens (tertiary/aromatic N) is 3. The number of carbonyl (C=O) groups excluding carboxylic acids is 2. The Hall–Kier alpha value is -2.34. The molecule has 11 heteroatoms. The second kappa shape index (κ2) is 12.8. The average molecular weight is 597 g/mol. The number of unbranched alkanes of at least 4 members (excludes halogenated alkanes) is 2. The molecule has 0 aliphatic heterocycles. The number of sulfonamides is 1. The first-order valence-corrected chi connectivity index (χ1v) is 14.8. The Morgan fingerprint density at radius 2 is 1.69 bits per heavy atom. The van der Waals surface area contributed by atoms with Gasteiger partial charge in [0.15, 0.2) is 4.80 Å². The lowest BCUT2D eigenvalue weighted by molar-refractivity contribution is -0.141. The van der Waals surface area contributed by atoms with Gasteiger partial charge >= 0.3 is 5.97 Å². The smallest absolute Gasteiger partial charge is 0.325 e. The van der Waals surface area contributed by atoms with E-state index in [4.69, 9.17) is 4.74 Å². The zero-order valence-corrected chi connectivity index (χ0v) is 23.8. The minimum absolute atomic E-state index is 0.0905. The number of thiazole rings is 1. The average Bonchev–Trinajstić information content (AvgIpc) is 3.19. The summed E-state index contributed by atoms with van der Waals surface area (Å²) in [4.78, 5) is 29.7. The predicted octanol–water partition coefficient (Wildman–Crippen LogP) is 4.97. The number of methoxy groups -OCH3 is 1. The molecule has 1 heterocycles. The minimum Gasteiger partial charge on any atom is -0.468 e. The highest BCUT2D eigenvalue weighted by atomic mass is 79.9. The molecule has 1 amide bonds. The van der Waals surface area contributed by atoms with Crippen LogP contribution in [0.5, 0.6) is 0 Å². The van der Waals surface area contributed by atoms with E-state index in [2.05, 4.69) is 20.9 Å². The van der Waals surface area contributed by atoms with Gasteiger partial charge in [0.1, 0.15) is 6.54 Å². The number of esters is 1. The van der Waals surface area contributed by atoms with E-state index >= 15 is 0 Å². The maximum Gasteiger partial charge on any atom is 0.325 e. The molecular weight excluding hydrogens is 566 g/mol. The standard InChI is InChI=1S/C25H30BrN3O5S2/c1-4-6-14-28(15-7-5-2)36(32,33)20-11-8-18(9-12-20)24(31)27-25-29(17-23(30)34-3)21-13-10-19(26)16-22(21)35-25/h8-13,16H,4-7,14-15,17H2,1-3H3. The van der Waals surface area contributed by atoms with Crippen molar-refractivity contribution in [3.05, 3.63) is 57.3 Å². The summed E-state index contributed by atoms with van der Waals surface area (Å²) < 4.78 is 36.0. The number of fused-ring (bicyclic) bond motifs is 1. The lowest BCUT2D eigenvalue weighted by Crippen LogP contribution is -2.33. The van der Waals surface area contributed by atoms with Gasteiger partial charge in [0, 0.05) is 23.1 Å². The number of aromatic nitrogens is 1. The maximum atomic E-state index is 13.2. The molecular formula is C25H30BrN3O5S2. The van der Waals surface area contributed by atoms with E-state index in [0.29, 0.717) is 17.9 Å². The number of benzene rings is 2. The SMILES string of the molecule is CCCCN(CCCC)S(=O)(=O)c1ccc(C(=O)N=c2sc3cc(Br)ccc3n2CC(=O)OC)cc1. The van der Waals surface area contributed by atoms with E-state index in [1.54, 1.807) is 4.57 Å². The van der Waals surface area contributed by atoms with Gasteiger partial charge in [0.2, 0.25) is 10.0 Å². The van der Waals surface area contributed by atoms with Crippen molar-refractivity contribution < 1.29 is 22.7 Å². The van der Waals surface area contributed by atoms with Crippen molar-refractivity contribution in [3.63, 3.8) is 0 Å². The number of rotatable bonds is 11. The molecule has 0 spiro atoms. The first kappa shape index (κ1) is 28.2. The first-order chi connectivity index (χ1) is 17.2. The fourth-order valence-corrected chi connectivity index (χ4v) is 6.67. The minimum atomic E-state index is -3.66. The third-order valence-corrected chi connectivity index (χ3v) is 9.07. The molecule has 3 aromatic rings. The summed E-state index contributed by atoms with van der Waals surface area (Å²) in [6, 6.07) is 11.4. The molecule has 0 N–H and O–H groups in total. The first-order valence-electron chi connectivity index (χ1n) is 11.8. The summed E-state index contributed by atoms with van der Waals surface area (Å²) in [5.74, 6) is -0.992. The number of carbonyl (C=O) groups is 2. The molecule has 0 saturated heterocycles. The molecule has 2 aromatic carbocycles. The van der Waals surface area contributed by atoms with E-state index in [1.807, 2.05) is 32.0 Å². The Kier molecular flexibility index (Phi) is 10.0. The second-order valence-corrected chi connectivity index (χ2v) is 12.1. The normalized spacial score (nSPS) is 12.4. The molecule has 0 saturated carbocycles. The third-order valence-electron chi connectivity index (χ3n) is 5.62. The van der Waals surface area contributed by atoms with Gasteiger partial charge in [0.25, 0.3) is 5.91 Å². The highest BCUT2D eigenvalue weighted by molar-refractivity contribution is 9.10. The van der Waals surface area contributed by atoms with Crippen LogP contribution in [0.3, 0.4) is 0 Å². The number of hydrogen-bond donors (Lipinski definition) is 0. The van der Waals surface area contributed by atoms with Gasteiger partial charge in [-0.2, -0.15) is 9.30 Å². The summed E-state index contributed by atoms with van der Waals surface area (Å²) in [6.07, 6.45) is 3.38. The van der Waals surface area contributed by atoms with E-state index in [9.17, 15) is 18.0 Å². The molecule has 1 aromatic heterocycles. The van der Waals surface area contributed by atoms with Crippen LogP contribution >= 0.6 is 27.3 Å². The van der Waals surface area contributed by atoms with Crippen LogP contribution < -0.4 is 4.80 Å². The van der Waals surface area contributed by atoms with Crippen molar-refractivity contribution in [3.8, 4) is 0 Å².